The van der Waals surface area contributed by atoms with E-state index in [0.717, 1.165) is 6.08 Å². The Bertz CT molecular complexity index is 721. The van der Waals surface area contributed by atoms with E-state index in [9.17, 15) is 9.90 Å². The summed E-state index contributed by atoms with van der Waals surface area (Å²) in [6.07, 6.45) is 2.35. The first-order chi connectivity index (χ1) is 11.0. The molecule has 0 unspecified atom stereocenters. The number of aliphatic carboxylic acids is 1. The quantitative estimate of drug-likeness (QED) is 0.749. The van der Waals surface area contributed by atoms with Crippen molar-refractivity contribution in [1.29, 1.82) is 0 Å². The predicted octanol–water partition coefficient (Wildman–Crippen LogP) is 3.34. The summed E-state index contributed by atoms with van der Waals surface area (Å²) in [6, 6.07) is 10.3. The SMILES string of the molecule is COc1cc(C=CC(=O)[O-])ccc1OCc1c(Cl)cccc1Cl. The molecule has 0 N–H and O–H groups in total. The molecule has 0 aliphatic rings. The second-order valence-electron chi connectivity index (χ2n) is 4.55. The second kappa shape index (κ2) is 7.90. The number of hydrogen-bond donors (Lipinski definition) is 0. The van der Waals surface area contributed by atoms with Crippen molar-refractivity contribution in [2.24, 2.45) is 0 Å². The Labute approximate surface area is 143 Å². The molecule has 0 spiro atoms. The summed E-state index contributed by atoms with van der Waals surface area (Å²) in [4.78, 5) is 10.4. The van der Waals surface area contributed by atoms with Gasteiger partial charge in [-0.1, -0.05) is 41.4 Å². The van der Waals surface area contributed by atoms with E-state index < -0.39 is 5.97 Å². The minimum absolute atomic E-state index is 0.184. The minimum atomic E-state index is -1.27. The number of carbonyl (C=O) groups excluding carboxylic acids is 1. The maximum atomic E-state index is 10.4. The first-order valence-electron chi connectivity index (χ1n) is 6.64. The molecule has 0 amide bonds. The maximum Gasteiger partial charge on any atom is 0.161 e. The molecule has 0 aromatic heterocycles. The van der Waals surface area contributed by atoms with E-state index in [2.05, 4.69) is 0 Å². The number of methoxy groups -OCH3 is 1. The molecule has 6 heteroatoms. The zero-order valence-electron chi connectivity index (χ0n) is 12.2. The number of carbonyl (C=O) groups is 1. The van der Waals surface area contributed by atoms with Gasteiger partial charge in [-0.2, -0.15) is 0 Å². The van der Waals surface area contributed by atoms with E-state index in [4.69, 9.17) is 32.7 Å². The van der Waals surface area contributed by atoms with Crippen molar-refractivity contribution in [3.63, 3.8) is 0 Å². The van der Waals surface area contributed by atoms with Crippen molar-refractivity contribution in [2.45, 2.75) is 6.61 Å². The number of hydrogen-bond acceptors (Lipinski definition) is 4. The Morgan fingerprint density at radius 1 is 1.17 bits per heavy atom. The van der Waals surface area contributed by atoms with Crippen molar-refractivity contribution < 1.29 is 19.4 Å². The zero-order chi connectivity index (χ0) is 16.8. The van der Waals surface area contributed by atoms with Crippen LogP contribution < -0.4 is 14.6 Å². The van der Waals surface area contributed by atoms with Gasteiger partial charge in [-0.3, -0.25) is 0 Å². The lowest BCUT2D eigenvalue weighted by atomic mass is 10.2. The Morgan fingerprint density at radius 2 is 1.87 bits per heavy atom. The van der Waals surface area contributed by atoms with Crippen molar-refractivity contribution in [2.75, 3.05) is 7.11 Å². The van der Waals surface area contributed by atoms with Gasteiger partial charge in [0.15, 0.2) is 11.5 Å². The van der Waals surface area contributed by atoms with Crippen molar-refractivity contribution >= 4 is 35.2 Å². The molecule has 2 rings (SSSR count). The number of carboxylic acid groups (broad SMARTS) is 1. The lowest BCUT2D eigenvalue weighted by molar-refractivity contribution is -0.297. The van der Waals surface area contributed by atoms with Crippen LogP contribution in [0.2, 0.25) is 10.0 Å². The van der Waals surface area contributed by atoms with Crippen LogP contribution in [-0.2, 0) is 11.4 Å². The molecule has 0 radical (unpaired) electrons. The molecule has 0 aliphatic heterocycles. The van der Waals surface area contributed by atoms with Crippen LogP contribution in [0.15, 0.2) is 42.5 Å². The molecule has 2 aromatic carbocycles. The van der Waals surface area contributed by atoms with Crippen LogP contribution in [0.25, 0.3) is 6.08 Å². The van der Waals surface area contributed by atoms with E-state index in [1.807, 2.05) is 0 Å². The van der Waals surface area contributed by atoms with Gasteiger partial charge >= 0.3 is 0 Å². The van der Waals surface area contributed by atoms with Crippen LogP contribution in [0, 0.1) is 0 Å². The highest BCUT2D eigenvalue weighted by molar-refractivity contribution is 6.35. The van der Waals surface area contributed by atoms with Gasteiger partial charge in [0.05, 0.1) is 13.1 Å². The summed E-state index contributed by atoms with van der Waals surface area (Å²) in [5.41, 5.74) is 1.33. The third-order valence-electron chi connectivity index (χ3n) is 3.03. The van der Waals surface area contributed by atoms with Gasteiger partial charge in [0.25, 0.3) is 0 Å². The molecule has 0 bridgehead atoms. The molecule has 0 fully saturated rings. The molecule has 0 heterocycles. The average molecular weight is 352 g/mol. The van der Waals surface area contributed by atoms with Gasteiger partial charge in [0.1, 0.15) is 6.61 Å². The monoisotopic (exact) mass is 351 g/mol. The molecule has 0 atom stereocenters. The highest BCUT2D eigenvalue weighted by atomic mass is 35.5. The molecule has 4 nitrogen and oxygen atoms in total. The summed E-state index contributed by atoms with van der Waals surface area (Å²) < 4.78 is 11.0. The lowest BCUT2D eigenvalue weighted by Gasteiger charge is -2.13. The maximum absolute atomic E-state index is 10.4. The zero-order valence-corrected chi connectivity index (χ0v) is 13.7. The van der Waals surface area contributed by atoms with Gasteiger partial charge in [-0.25, -0.2) is 0 Å². The Morgan fingerprint density at radius 3 is 2.48 bits per heavy atom. The van der Waals surface area contributed by atoms with Crippen molar-refractivity contribution in [3.8, 4) is 11.5 Å². The van der Waals surface area contributed by atoms with Crippen LogP contribution in [0.3, 0.4) is 0 Å². The van der Waals surface area contributed by atoms with Crippen molar-refractivity contribution in [1.82, 2.24) is 0 Å². The number of benzene rings is 2. The normalized spacial score (nSPS) is 10.7. The molecule has 0 aliphatic carbocycles. The summed E-state index contributed by atoms with van der Waals surface area (Å²) >= 11 is 12.2. The Hall–Kier alpha value is -2.17. The number of halogens is 2. The molecule has 120 valence electrons. The third kappa shape index (κ3) is 4.65. The van der Waals surface area contributed by atoms with Gasteiger partial charge in [-0.15, -0.1) is 0 Å². The van der Waals surface area contributed by atoms with E-state index in [1.54, 1.807) is 36.4 Å². The fourth-order valence-corrected chi connectivity index (χ4v) is 2.40. The van der Waals surface area contributed by atoms with Crippen LogP contribution >= 0.6 is 23.2 Å². The molecule has 0 saturated carbocycles. The molecule has 2 aromatic rings. The average Bonchev–Trinajstić information content (AvgIpc) is 2.53. The summed E-state index contributed by atoms with van der Waals surface area (Å²) in [6.45, 7) is 0.184. The van der Waals surface area contributed by atoms with Gasteiger partial charge in [0, 0.05) is 15.6 Å². The van der Waals surface area contributed by atoms with Crippen LogP contribution in [0.5, 0.6) is 11.5 Å². The molecule has 23 heavy (non-hydrogen) atoms. The first kappa shape index (κ1) is 17.2. The summed E-state index contributed by atoms with van der Waals surface area (Å²) in [5.74, 6) is -0.305. The van der Waals surface area contributed by atoms with E-state index >= 15 is 0 Å². The number of ether oxygens (including phenoxy) is 2. The second-order valence-corrected chi connectivity index (χ2v) is 5.37. The highest BCUT2D eigenvalue weighted by Crippen LogP contribution is 2.31. The minimum Gasteiger partial charge on any atom is -0.545 e. The Balaban J connectivity index is 2.18. The number of rotatable bonds is 6. The van der Waals surface area contributed by atoms with Gasteiger partial charge in [-0.05, 0) is 35.9 Å². The van der Waals surface area contributed by atoms with Gasteiger partial charge < -0.3 is 19.4 Å². The van der Waals surface area contributed by atoms with Crippen LogP contribution in [-0.4, -0.2) is 13.1 Å². The molecular formula is C17H13Cl2O4-. The third-order valence-corrected chi connectivity index (χ3v) is 3.74. The smallest absolute Gasteiger partial charge is 0.161 e. The van der Waals surface area contributed by atoms with Crippen LogP contribution in [0.1, 0.15) is 11.1 Å². The standard InChI is InChI=1S/C17H14Cl2O4/c1-22-16-9-11(6-8-17(20)21)5-7-15(16)23-10-12-13(18)3-2-4-14(12)19/h2-9H,10H2,1H3,(H,20,21)/p-1. The molecular weight excluding hydrogens is 339 g/mol. The Kier molecular flexibility index (Phi) is 5.90. The lowest BCUT2D eigenvalue weighted by Crippen LogP contribution is -2.18. The number of carboxylic acids is 1. The highest BCUT2D eigenvalue weighted by Gasteiger charge is 2.09. The fourth-order valence-electron chi connectivity index (χ4n) is 1.89. The predicted molar refractivity (Wildman–Crippen MR) is 87.8 cm³/mol. The largest absolute Gasteiger partial charge is 0.545 e. The fraction of sp³-hybridized carbons (Fsp3) is 0.118. The molecule has 0 saturated heterocycles. The van der Waals surface area contributed by atoms with E-state index in [1.165, 1.54) is 13.2 Å². The van der Waals surface area contributed by atoms with Crippen LogP contribution in [0.4, 0.5) is 0 Å². The van der Waals surface area contributed by atoms with Crippen molar-refractivity contribution in [3.05, 3.63) is 63.6 Å². The van der Waals surface area contributed by atoms with E-state index in [0.29, 0.717) is 32.7 Å². The summed E-state index contributed by atoms with van der Waals surface area (Å²) in [5, 5.41) is 11.5. The van der Waals surface area contributed by atoms with E-state index in [-0.39, 0.29) is 6.61 Å². The topological polar surface area (TPSA) is 58.6 Å². The van der Waals surface area contributed by atoms with Gasteiger partial charge in [0.2, 0.25) is 0 Å². The first-order valence-corrected chi connectivity index (χ1v) is 7.39. The summed E-state index contributed by atoms with van der Waals surface area (Å²) in [7, 11) is 1.50.